The Morgan fingerprint density at radius 2 is 1.95 bits per heavy atom. The zero-order valence-electron chi connectivity index (χ0n) is 12.7. The van der Waals surface area contributed by atoms with Crippen LogP contribution in [0.25, 0.3) is 0 Å². The van der Waals surface area contributed by atoms with Gasteiger partial charge in [-0.2, -0.15) is 0 Å². The minimum absolute atomic E-state index is 0.101. The molecular weight excluding hydrogens is 264 g/mol. The fraction of sp³-hybridized carbons (Fsp3) is 0.438. The highest BCUT2D eigenvalue weighted by Crippen LogP contribution is 2.21. The summed E-state index contributed by atoms with van der Waals surface area (Å²) < 4.78 is 0. The van der Waals surface area contributed by atoms with Crippen molar-refractivity contribution in [1.82, 2.24) is 20.1 Å². The van der Waals surface area contributed by atoms with Crippen molar-refractivity contribution in [2.75, 3.05) is 6.54 Å². The second-order valence-electron chi connectivity index (χ2n) is 6.50. The highest BCUT2D eigenvalue weighted by Gasteiger charge is 2.26. The number of aromatic nitrogens is 3. The van der Waals surface area contributed by atoms with Gasteiger partial charge >= 0.3 is 0 Å². The van der Waals surface area contributed by atoms with Crippen LogP contribution in [0.15, 0.2) is 24.3 Å². The SMILES string of the molecule is CC(C)(C)c1nc(C(=O)N2CCc3ccccc3C2)n[nH]1. The fourth-order valence-corrected chi connectivity index (χ4v) is 2.50. The lowest BCUT2D eigenvalue weighted by molar-refractivity contribution is 0.0722. The van der Waals surface area contributed by atoms with Crippen molar-refractivity contribution >= 4 is 5.91 Å². The number of fused-ring (bicyclic) bond motifs is 1. The van der Waals surface area contributed by atoms with Crippen LogP contribution in [-0.2, 0) is 18.4 Å². The predicted molar refractivity (Wildman–Crippen MR) is 80.0 cm³/mol. The number of rotatable bonds is 1. The first-order chi connectivity index (χ1) is 9.95. The van der Waals surface area contributed by atoms with Gasteiger partial charge in [0.2, 0.25) is 5.82 Å². The molecule has 1 aliphatic heterocycles. The van der Waals surface area contributed by atoms with Crippen LogP contribution in [0.5, 0.6) is 0 Å². The Bertz CT molecular complexity index is 669. The highest BCUT2D eigenvalue weighted by atomic mass is 16.2. The van der Waals surface area contributed by atoms with Gasteiger partial charge in [0, 0.05) is 18.5 Å². The summed E-state index contributed by atoms with van der Waals surface area (Å²) in [5.74, 6) is 0.902. The van der Waals surface area contributed by atoms with Gasteiger partial charge in [0.25, 0.3) is 5.91 Å². The standard InChI is InChI=1S/C16H20N4O/c1-16(2,3)15-17-13(18-19-15)14(21)20-9-8-11-6-4-5-7-12(11)10-20/h4-7H,8-10H2,1-3H3,(H,17,18,19). The van der Waals surface area contributed by atoms with Crippen LogP contribution in [0, 0.1) is 0 Å². The van der Waals surface area contributed by atoms with Crippen LogP contribution in [0.1, 0.15) is 48.3 Å². The van der Waals surface area contributed by atoms with Gasteiger partial charge in [0.05, 0.1) is 0 Å². The quantitative estimate of drug-likeness (QED) is 0.874. The van der Waals surface area contributed by atoms with E-state index in [-0.39, 0.29) is 17.1 Å². The first-order valence-corrected chi connectivity index (χ1v) is 7.24. The van der Waals surface area contributed by atoms with Crippen molar-refractivity contribution in [2.24, 2.45) is 0 Å². The first kappa shape index (κ1) is 13.8. The highest BCUT2D eigenvalue weighted by molar-refractivity contribution is 5.90. The van der Waals surface area contributed by atoms with Gasteiger partial charge in [-0.05, 0) is 17.5 Å². The number of nitrogens with one attached hydrogen (secondary N) is 1. The summed E-state index contributed by atoms with van der Waals surface area (Å²) in [5.41, 5.74) is 2.40. The molecule has 5 heteroatoms. The van der Waals surface area contributed by atoms with Crippen LogP contribution in [0.2, 0.25) is 0 Å². The van der Waals surface area contributed by atoms with Crippen molar-refractivity contribution in [3.05, 3.63) is 47.0 Å². The molecule has 0 fully saturated rings. The van der Waals surface area contributed by atoms with E-state index in [0.29, 0.717) is 6.54 Å². The molecule has 2 heterocycles. The molecule has 3 rings (SSSR count). The summed E-state index contributed by atoms with van der Waals surface area (Å²) in [6.07, 6.45) is 0.887. The lowest BCUT2D eigenvalue weighted by Gasteiger charge is -2.27. The Labute approximate surface area is 124 Å². The maximum absolute atomic E-state index is 12.5. The molecule has 5 nitrogen and oxygen atoms in total. The maximum Gasteiger partial charge on any atom is 0.293 e. The molecular formula is C16H20N4O. The van der Waals surface area contributed by atoms with Crippen LogP contribution < -0.4 is 0 Å². The van der Waals surface area contributed by atoms with Crippen molar-refractivity contribution in [3.63, 3.8) is 0 Å². The molecule has 0 radical (unpaired) electrons. The zero-order chi connectivity index (χ0) is 15.0. The van der Waals surface area contributed by atoms with E-state index in [9.17, 15) is 4.79 Å². The maximum atomic E-state index is 12.5. The monoisotopic (exact) mass is 284 g/mol. The molecule has 1 aromatic heterocycles. The molecule has 21 heavy (non-hydrogen) atoms. The number of carbonyl (C=O) groups excluding carboxylic acids is 1. The van der Waals surface area contributed by atoms with Gasteiger partial charge in [-0.1, -0.05) is 45.0 Å². The lowest BCUT2D eigenvalue weighted by atomic mass is 9.96. The molecule has 0 saturated heterocycles. The molecule has 110 valence electrons. The second kappa shape index (κ2) is 4.98. The van der Waals surface area contributed by atoms with Gasteiger partial charge < -0.3 is 4.90 Å². The lowest BCUT2D eigenvalue weighted by Crippen LogP contribution is -2.36. The average Bonchev–Trinajstić information content (AvgIpc) is 2.96. The summed E-state index contributed by atoms with van der Waals surface area (Å²) in [5, 5.41) is 6.96. The summed E-state index contributed by atoms with van der Waals surface area (Å²) in [4.78, 5) is 18.7. The Hall–Kier alpha value is -2.17. The number of benzene rings is 1. The largest absolute Gasteiger partial charge is 0.331 e. The number of carbonyl (C=O) groups is 1. The van der Waals surface area contributed by atoms with E-state index in [1.807, 2.05) is 37.8 Å². The van der Waals surface area contributed by atoms with Crippen LogP contribution in [-0.4, -0.2) is 32.5 Å². The molecule has 0 unspecified atom stereocenters. The van der Waals surface area contributed by atoms with Crippen molar-refractivity contribution in [1.29, 1.82) is 0 Å². The Kier molecular flexibility index (Phi) is 3.27. The van der Waals surface area contributed by atoms with Gasteiger partial charge in [0.15, 0.2) is 0 Å². The molecule has 0 saturated carbocycles. The van der Waals surface area contributed by atoms with Gasteiger partial charge in [-0.15, -0.1) is 5.10 Å². The molecule has 2 aromatic rings. The summed E-state index contributed by atoms with van der Waals surface area (Å²) in [6, 6.07) is 8.26. The van der Waals surface area contributed by atoms with Gasteiger partial charge in [-0.25, -0.2) is 4.98 Å². The van der Waals surface area contributed by atoms with Crippen LogP contribution in [0.3, 0.4) is 0 Å². The van der Waals surface area contributed by atoms with Crippen LogP contribution >= 0.6 is 0 Å². The van der Waals surface area contributed by atoms with E-state index in [1.165, 1.54) is 11.1 Å². The average molecular weight is 284 g/mol. The number of amides is 1. The first-order valence-electron chi connectivity index (χ1n) is 7.24. The molecule has 1 amide bonds. The van der Waals surface area contributed by atoms with Crippen molar-refractivity contribution in [2.45, 2.75) is 39.2 Å². The van der Waals surface area contributed by atoms with Crippen LogP contribution in [0.4, 0.5) is 0 Å². The summed E-state index contributed by atoms with van der Waals surface area (Å²) in [6.45, 7) is 7.47. The molecule has 0 atom stereocenters. The van der Waals surface area contributed by atoms with Crippen molar-refractivity contribution < 1.29 is 4.79 Å². The third-order valence-electron chi connectivity index (χ3n) is 3.80. The number of H-pyrrole nitrogens is 1. The van der Waals surface area contributed by atoms with Crippen molar-refractivity contribution in [3.8, 4) is 0 Å². The molecule has 1 aromatic carbocycles. The van der Waals surface area contributed by atoms with Gasteiger partial charge in [-0.3, -0.25) is 9.89 Å². The fourth-order valence-electron chi connectivity index (χ4n) is 2.50. The Balaban J connectivity index is 1.79. The number of hydrogen-bond donors (Lipinski definition) is 1. The minimum Gasteiger partial charge on any atom is -0.331 e. The van der Waals surface area contributed by atoms with E-state index in [0.717, 1.165) is 18.8 Å². The smallest absolute Gasteiger partial charge is 0.293 e. The third-order valence-corrected chi connectivity index (χ3v) is 3.80. The number of hydrogen-bond acceptors (Lipinski definition) is 3. The van der Waals surface area contributed by atoms with E-state index in [2.05, 4.69) is 27.3 Å². The minimum atomic E-state index is -0.139. The normalized spacial score (nSPS) is 14.9. The molecule has 1 N–H and O–H groups in total. The molecule has 0 spiro atoms. The second-order valence-corrected chi connectivity index (χ2v) is 6.50. The van der Waals surface area contributed by atoms with E-state index < -0.39 is 0 Å². The van der Waals surface area contributed by atoms with E-state index in [1.54, 1.807) is 0 Å². The third kappa shape index (κ3) is 2.68. The zero-order valence-corrected chi connectivity index (χ0v) is 12.7. The number of aromatic amines is 1. The summed E-state index contributed by atoms with van der Waals surface area (Å²) >= 11 is 0. The number of nitrogens with zero attached hydrogens (tertiary/aromatic N) is 3. The topological polar surface area (TPSA) is 61.9 Å². The summed E-state index contributed by atoms with van der Waals surface area (Å²) in [7, 11) is 0. The van der Waals surface area contributed by atoms with E-state index in [4.69, 9.17) is 0 Å². The van der Waals surface area contributed by atoms with Gasteiger partial charge in [0.1, 0.15) is 5.82 Å². The Morgan fingerprint density at radius 1 is 1.24 bits per heavy atom. The molecule has 0 aliphatic carbocycles. The predicted octanol–water partition coefficient (Wildman–Crippen LogP) is 2.30. The molecule has 0 bridgehead atoms. The molecule has 1 aliphatic rings. The Morgan fingerprint density at radius 3 is 2.62 bits per heavy atom. The van der Waals surface area contributed by atoms with E-state index >= 15 is 0 Å².